The highest BCUT2D eigenvalue weighted by Crippen LogP contribution is 2.26. The fourth-order valence-corrected chi connectivity index (χ4v) is 3.87. The molecule has 1 N–H and O–H groups in total. The molecule has 1 aromatic rings. The van der Waals surface area contributed by atoms with Crippen LogP contribution in [0.5, 0.6) is 0 Å². The second kappa shape index (κ2) is 9.12. The Balaban J connectivity index is 1.51. The Bertz CT molecular complexity index is 626. The van der Waals surface area contributed by atoms with Gasteiger partial charge in [-0.2, -0.15) is 4.39 Å². The molecule has 2 aliphatic rings. The predicted molar refractivity (Wildman–Crippen MR) is 100 cm³/mol. The van der Waals surface area contributed by atoms with Crippen LogP contribution in [0.2, 0.25) is 0 Å². The summed E-state index contributed by atoms with van der Waals surface area (Å²) in [6, 6.07) is 4.74. The second-order valence-electron chi connectivity index (χ2n) is 7.11. The zero-order valence-electron chi connectivity index (χ0n) is 15.4. The van der Waals surface area contributed by atoms with Gasteiger partial charge in [0.25, 0.3) is 0 Å². The van der Waals surface area contributed by atoms with Crippen LogP contribution in [0, 0.1) is 0 Å². The summed E-state index contributed by atoms with van der Waals surface area (Å²) in [6.07, 6.45) is 10.6. The fraction of sp³-hybridized carbons (Fsp3) is 0.600. The first kappa shape index (κ1) is 18.8. The van der Waals surface area contributed by atoms with Crippen molar-refractivity contribution in [3.63, 3.8) is 0 Å². The van der Waals surface area contributed by atoms with E-state index < -0.39 is 11.8 Å². The summed E-state index contributed by atoms with van der Waals surface area (Å²) in [4.78, 5) is 18.3. The molecule has 1 aliphatic heterocycles. The number of rotatable bonds is 6. The van der Waals surface area contributed by atoms with Crippen molar-refractivity contribution in [1.29, 1.82) is 0 Å². The molecule has 0 amide bonds. The Morgan fingerprint density at radius 3 is 2.85 bits per heavy atom. The first-order valence-electron chi connectivity index (χ1n) is 9.66. The summed E-state index contributed by atoms with van der Waals surface area (Å²) >= 11 is 0. The molecule has 2 fully saturated rings. The van der Waals surface area contributed by atoms with Crippen LogP contribution in [0.1, 0.15) is 51.0 Å². The van der Waals surface area contributed by atoms with Gasteiger partial charge in [0.1, 0.15) is 5.82 Å². The van der Waals surface area contributed by atoms with Gasteiger partial charge in [-0.15, -0.1) is 0 Å². The molecule has 1 aliphatic carbocycles. The van der Waals surface area contributed by atoms with Gasteiger partial charge in [0.05, 0.1) is 6.61 Å². The summed E-state index contributed by atoms with van der Waals surface area (Å²) in [5.74, 6) is -1.06. The highest BCUT2D eigenvalue weighted by molar-refractivity contribution is 5.91. The number of carbonyl (C=O) groups excluding carboxylic acids is 1. The molecule has 0 aromatic carbocycles. The number of carbonyl (C=O) groups is 1. The lowest BCUT2D eigenvalue weighted by Gasteiger charge is -2.31. The molecule has 1 saturated carbocycles. The van der Waals surface area contributed by atoms with Crippen LogP contribution in [0.25, 0.3) is 6.08 Å². The lowest BCUT2D eigenvalue weighted by molar-refractivity contribution is -0.140. The van der Waals surface area contributed by atoms with Crippen molar-refractivity contribution in [3.05, 3.63) is 29.7 Å². The largest absolute Gasteiger partial charge is 0.461 e. The number of anilines is 1. The summed E-state index contributed by atoms with van der Waals surface area (Å²) in [7, 11) is 0. The lowest BCUT2D eigenvalue weighted by Crippen LogP contribution is -2.36. The molecule has 26 heavy (non-hydrogen) atoms. The first-order chi connectivity index (χ1) is 12.7. The minimum atomic E-state index is -0.941. The molecule has 6 heteroatoms. The van der Waals surface area contributed by atoms with E-state index in [1.54, 1.807) is 19.2 Å². The summed E-state index contributed by atoms with van der Waals surface area (Å²) in [5.41, 5.74) is 0.538. The number of nitrogens with zero attached hydrogens (tertiary/aromatic N) is 2. The summed E-state index contributed by atoms with van der Waals surface area (Å²) in [5, 5.41) is 3.47. The van der Waals surface area contributed by atoms with Crippen LogP contribution in [0.15, 0.2) is 24.2 Å². The Kier molecular flexibility index (Phi) is 6.61. The average Bonchev–Trinajstić information content (AvgIpc) is 3.13. The van der Waals surface area contributed by atoms with Crippen LogP contribution in [0.4, 0.5) is 10.2 Å². The summed E-state index contributed by atoms with van der Waals surface area (Å²) < 4.78 is 18.3. The number of hydrogen-bond acceptors (Lipinski definition) is 5. The topological polar surface area (TPSA) is 54.5 Å². The van der Waals surface area contributed by atoms with Crippen molar-refractivity contribution in [2.24, 2.45) is 0 Å². The zero-order valence-corrected chi connectivity index (χ0v) is 15.4. The van der Waals surface area contributed by atoms with E-state index in [0.29, 0.717) is 11.6 Å². The monoisotopic (exact) mass is 361 g/mol. The van der Waals surface area contributed by atoms with Gasteiger partial charge < -0.3 is 10.1 Å². The van der Waals surface area contributed by atoms with E-state index in [1.807, 2.05) is 6.07 Å². The van der Waals surface area contributed by atoms with E-state index in [0.717, 1.165) is 37.4 Å². The molecule has 0 radical (unpaired) electrons. The van der Waals surface area contributed by atoms with Crippen LogP contribution in [0.3, 0.4) is 0 Å². The number of likely N-dealkylation sites (tertiary alicyclic amines) is 1. The van der Waals surface area contributed by atoms with Crippen molar-refractivity contribution in [2.45, 2.75) is 57.5 Å². The molecule has 1 aromatic heterocycles. The van der Waals surface area contributed by atoms with Crippen LogP contribution >= 0.6 is 0 Å². The zero-order chi connectivity index (χ0) is 18.4. The molecule has 3 rings (SSSR count). The Hall–Kier alpha value is -1.95. The third-order valence-corrected chi connectivity index (χ3v) is 5.21. The molecule has 5 nitrogen and oxygen atoms in total. The van der Waals surface area contributed by atoms with Crippen molar-refractivity contribution < 1.29 is 13.9 Å². The lowest BCUT2D eigenvalue weighted by atomic mass is 9.94. The third-order valence-electron chi connectivity index (χ3n) is 5.21. The second-order valence-corrected chi connectivity index (χ2v) is 7.11. The minimum Gasteiger partial charge on any atom is -0.461 e. The van der Waals surface area contributed by atoms with E-state index in [2.05, 4.69) is 19.9 Å². The highest BCUT2D eigenvalue weighted by atomic mass is 19.1. The standard InChI is InChI=1S/C20H28FN3O2/c1-2-26-20(25)18(21)12-15-8-9-19(22-13-15)23-16-10-11-24(14-16)17-6-4-3-5-7-17/h8-9,12-13,16-17H,2-7,10-11,14H2,1H3,(H,22,23)/t16-/m1/s1. The van der Waals surface area contributed by atoms with Gasteiger partial charge in [0, 0.05) is 31.4 Å². The minimum absolute atomic E-state index is 0.153. The van der Waals surface area contributed by atoms with Crippen LogP contribution in [-0.4, -0.2) is 47.6 Å². The third kappa shape index (κ3) is 5.04. The SMILES string of the molecule is CCOC(=O)C(F)=Cc1ccc(N[C@@H]2CCN(C3CCCCC3)C2)nc1. The molecule has 1 atom stereocenters. The van der Waals surface area contributed by atoms with E-state index in [4.69, 9.17) is 0 Å². The Labute approximate surface area is 154 Å². The van der Waals surface area contributed by atoms with Gasteiger partial charge in [-0.3, -0.25) is 4.90 Å². The van der Waals surface area contributed by atoms with Crippen molar-refractivity contribution in [2.75, 3.05) is 25.0 Å². The maximum Gasteiger partial charge on any atom is 0.367 e. The maximum atomic E-state index is 13.7. The van der Waals surface area contributed by atoms with Gasteiger partial charge in [0.15, 0.2) is 0 Å². The molecular weight excluding hydrogens is 333 g/mol. The quantitative estimate of drug-likeness (QED) is 0.617. The summed E-state index contributed by atoms with van der Waals surface area (Å²) in [6.45, 7) is 4.01. The van der Waals surface area contributed by atoms with Crippen molar-refractivity contribution >= 4 is 17.9 Å². The molecule has 0 spiro atoms. The van der Waals surface area contributed by atoms with Crippen LogP contribution < -0.4 is 5.32 Å². The molecule has 2 heterocycles. The fourth-order valence-electron chi connectivity index (χ4n) is 3.87. The Morgan fingerprint density at radius 1 is 1.35 bits per heavy atom. The average molecular weight is 361 g/mol. The smallest absolute Gasteiger partial charge is 0.367 e. The van der Waals surface area contributed by atoms with E-state index >= 15 is 0 Å². The van der Waals surface area contributed by atoms with Crippen LogP contribution in [-0.2, 0) is 9.53 Å². The Morgan fingerprint density at radius 2 is 2.15 bits per heavy atom. The molecule has 1 saturated heterocycles. The van der Waals surface area contributed by atoms with E-state index in [1.165, 1.54) is 32.1 Å². The number of ether oxygens (including phenoxy) is 1. The first-order valence-corrected chi connectivity index (χ1v) is 9.66. The van der Waals surface area contributed by atoms with Gasteiger partial charge >= 0.3 is 5.97 Å². The van der Waals surface area contributed by atoms with Gasteiger partial charge in [-0.25, -0.2) is 9.78 Å². The maximum absolute atomic E-state index is 13.7. The molecule has 0 unspecified atom stereocenters. The highest BCUT2D eigenvalue weighted by Gasteiger charge is 2.29. The van der Waals surface area contributed by atoms with Gasteiger partial charge in [-0.1, -0.05) is 19.3 Å². The number of hydrogen-bond donors (Lipinski definition) is 1. The number of pyridine rings is 1. The number of nitrogens with one attached hydrogen (secondary N) is 1. The number of halogens is 1. The number of esters is 1. The van der Waals surface area contributed by atoms with Gasteiger partial charge in [0.2, 0.25) is 5.83 Å². The normalized spacial score (nSPS) is 22.4. The van der Waals surface area contributed by atoms with Gasteiger partial charge in [-0.05, 0) is 50.0 Å². The van der Waals surface area contributed by atoms with Crippen molar-refractivity contribution in [3.8, 4) is 0 Å². The number of aromatic nitrogens is 1. The van der Waals surface area contributed by atoms with Crippen molar-refractivity contribution in [1.82, 2.24) is 9.88 Å². The molecular formula is C20H28FN3O2. The molecule has 142 valence electrons. The van der Waals surface area contributed by atoms with E-state index in [9.17, 15) is 9.18 Å². The molecule has 0 bridgehead atoms. The van der Waals surface area contributed by atoms with E-state index in [-0.39, 0.29) is 6.61 Å². The predicted octanol–water partition coefficient (Wildman–Crippen LogP) is 3.77.